The van der Waals surface area contributed by atoms with Crippen LogP contribution < -0.4 is 0 Å². The largest absolute Gasteiger partial charge is 0.444 e. The van der Waals surface area contributed by atoms with Gasteiger partial charge in [-0.1, -0.05) is 30.3 Å². The molecule has 0 spiro atoms. The predicted octanol–water partition coefficient (Wildman–Crippen LogP) is 4.29. The van der Waals surface area contributed by atoms with Crippen molar-refractivity contribution < 1.29 is 19.1 Å². The average molecular weight is 432 g/mol. The number of piperidine rings is 1. The fraction of sp³-hybridized carbons (Fsp3) is 0.667. The van der Waals surface area contributed by atoms with Gasteiger partial charge in [-0.2, -0.15) is 0 Å². The number of benzene rings is 1. The molecule has 2 fully saturated rings. The van der Waals surface area contributed by atoms with E-state index in [1.807, 2.05) is 62.6 Å². The van der Waals surface area contributed by atoms with Gasteiger partial charge < -0.3 is 24.2 Å². The maximum Gasteiger partial charge on any atom is 0.410 e. The van der Waals surface area contributed by atoms with Crippen LogP contribution in [0.1, 0.15) is 59.1 Å². The van der Waals surface area contributed by atoms with Crippen LogP contribution in [0.5, 0.6) is 0 Å². The highest BCUT2D eigenvalue weighted by Crippen LogP contribution is 2.38. The molecule has 2 aliphatic rings. The summed E-state index contributed by atoms with van der Waals surface area (Å²) in [6, 6.07) is 10.3. The molecule has 31 heavy (non-hydrogen) atoms. The molecule has 172 valence electrons. The lowest BCUT2D eigenvalue weighted by Crippen LogP contribution is -2.52. The lowest BCUT2D eigenvalue weighted by Gasteiger charge is -2.40. The van der Waals surface area contributed by atoms with E-state index in [4.69, 9.17) is 9.47 Å². The Bertz CT molecular complexity index is 767. The van der Waals surface area contributed by atoms with Crippen LogP contribution in [0.15, 0.2) is 30.3 Å². The van der Waals surface area contributed by atoms with Gasteiger partial charge >= 0.3 is 12.1 Å². The van der Waals surface area contributed by atoms with Crippen LogP contribution in [0.3, 0.4) is 0 Å². The van der Waals surface area contributed by atoms with Crippen LogP contribution in [0.2, 0.25) is 0 Å². The zero-order chi connectivity index (χ0) is 22.8. The molecule has 7 heteroatoms. The first-order valence-electron chi connectivity index (χ1n) is 11.2. The van der Waals surface area contributed by atoms with Crippen molar-refractivity contribution in [2.24, 2.45) is 0 Å². The van der Waals surface area contributed by atoms with E-state index in [1.54, 1.807) is 12.0 Å². The van der Waals surface area contributed by atoms with Crippen LogP contribution >= 0.6 is 0 Å². The molecule has 0 radical (unpaired) electrons. The van der Waals surface area contributed by atoms with Crippen molar-refractivity contribution in [3.05, 3.63) is 35.9 Å². The SMILES string of the molecule is COCC(C)(C)N1C[C@@H](c2ccccc2)N(C2CCN(C(=O)OC(C)(C)C)CC2)C1=O. The molecule has 2 aliphatic heterocycles. The van der Waals surface area contributed by atoms with Gasteiger partial charge in [-0.3, -0.25) is 0 Å². The van der Waals surface area contributed by atoms with Crippen molar-refractivity contribution in [2.45, 2.75) is 70.7 Å². The van der Waals surface area contributed by atoms with Gasteiger partial charge in [0.1, 0.15) is 5.60 Å². The van der Waals surface area contributed by atoms with E-state index in [0.717, 1.165) is 18.4 Å². The maximum absolute atomic E-state index is 13.6. The first-order chi connectivity index (χ1) is 14.5. The van der Waals surface area contributed by atoms with Crippen LogP contribution in [0.25, 0.3) is 0 Å². The Morgan fingerprint density at radius 1 is 1.06 bits per heavy atom. The molecular weight excluding hydrogens is 394 g/mol. The highest BCUT2D eigenvalue weighted by Gasteiger charge is 2.47. The molecule has 0 aliphatic carbocycles. The zero-order valence-electron chi connectivity index (χ0n) is 19.8. The lowest BCUT2D eigenvalue weighted by molar-refractivity contribution is 0.0155. The Balaban J connectivity index is 1.77. The van der Waals surface area contributed by atoms with Crippen molar-refractivity contribution in [1.29, 1.82) is 0 Å². The molecule has 0 unspecified atom stereocenters. The third-order valence-corrected chi connectivity index (χ3v) is 6.07. The minimum Gasteiger partial charge on any atom is -0.444 e. The molecule has 0 aromatic heterocycles. The van der Waals surface area contributed by atoms with E-state index in [9.17, 15) is 9.59 Å². The number of urea groups is 1. The molecule has 1 aromatic carbocycles. The minimum atomic E-state index is -0.509. The highest BCUT2D eigenvalue weighted by atomic mass is 16.6. The predicted molar refractivity (Wildman–Crippen MR) is 120 cm³/mol. The zero-order valence-corrected chi connectivity index (χ0v) is 19.8. The summed E-state index contributed by atoms with van der Waals surface area (Å²) in [5, 5.41) is 0. The Morgan fingerprint density at radius 2 is 1.68 bits per heavy atom. The van der Waals surface area contributed by atoms with E-state index in [2.05, 4.69) is 12.1 Å². The van der Waals surface area contributed by atoms with E-state index in [0.29, 0.717) is 26.2 Å². The summed E-state index contributed by atoms with van der Waals surface area (Å²) < 4.78 is 10.9. The fourth-order valence-electron chi connectivity index (χ4n) is 4.55. The number of ether oxygens (including phenoxy) is 2. The van der Waals surface area contributed by atoms with Crippen LogP contribution in [0, 0.1) is 0 Å². The van der Waals surface area contributed by atoms with Crippen LogP contribution in [-0.2, 0) is 9.47 Å². The number of likely N-dealkylation sites (tertiary alicyclic amines) is 1. The summed E-state index contributed by atoms with van der Waals surface area (Å²) in [4.78, 5) is 31.8. The van der Waals surface area contributed by atoms with Gasteiger partial charge in [-0.05, 0) is 53.0 Å². The van der Waals surface area contributed by atoms with E-state index >= 15 is 0 Å². The molecule has 3 amide bonds. The molecule has 2 saturated heterocycles. The summed E-state index contributed by atoms with van der Waals surface area (Å²) in [6.45, 7) is 12.0. The summed E-state index contributed by atoms with van der Waals surface area (Å²) in [6.07, 6.45) is 1.21. The van der Waals surface area contributed by atoms with Gasteiger partial charge in [0.25, 0.3) is 0 Å². The van der Waals surface area contributed by atoms with E-state index < -0.39 is 11.1 Å². The average Bonchev–Trinajstić information content (AvgIpc) is 3.05. The number of carbonyl (C=O) groups is 2. The summed E-state index contributed by atoms with van der Waals surface area (Å²) in [5.74, 6) is 0. The van der Waals surface area contributed by atoms with Crippen molar-refractivity contribution >= 4 is 12.1 Å². The van der Waals surface area contributed by atoms with Gasteiger partial charge in [0, 0.05) is 32.8 Å². The number of carbonyl (C=O) groups excluding carboxylic acids is 2. The molecule has 0 N–H and O–H groups in total. The monoisotopic (exact) mass is 431 g/mol. The van der Waals surface area contributed by atoms with Gasteiger partial charge in [0.15, 0.2) is 0 Å². The summed E-state index contributed by atoms with van der Waals surface area (Å²) in [7, 11) is 1.67. The second-order valence-electron chi connectivity index (χ2n) is 10.2. The second kappa shape index (κ2) is 9.07. The summed E-state index contributed by atoms with van der Waals surface area (Å²) >= 11 is 0. The topological polar surface area (TPSA) is 62.3 Å². The normalized spacial score (nSPS) is 21.0. The smallest absolute Gasteiger partial charge is 0.410 e. The van der Waals surface area contributed by atoms with Gasteiger partial charge in [0.05, 0.1) is 18.2 Å². The number of rotatable bonds is 5. The van der Waals surface area contributed by atoms with E-state index in [-0.39, 0.29) is 24.2 Å². The van der Waals surface area contributed by atoms with Gasteiger partial charge in [0.2, 0.25) is 0 Å². The molecule has 1 atom stereocenters. The van der Waals surface area contributed by atoms with E-state index in [1.165, 1.54) is 0 Å². The van der Waals surface area contributed by atoms with Crippen LogP contribution in [0.4, 0.5) is 9.59 Å². The Hall–Kier alpha value is -2.28. The minimum absolute atomic E-state index is 0.0112. The fourth-order valence-corrected chi connectivity index (χ4v) is 4.55. The third-order valence-electron chi connectivity index (χ3n) is 6.07. The first-order valence-corrected chi connectivity index (χ1v) is 11.2. The van der Waals surface area contributed by atoms with Crippen molar-refractivity contribution in [3.8, 4) is 0 Å². The molecule has 1 aromatic rings. The molecular formula is C24H37N3O4. The summed E-state index contributed by atoms with van der Waals surface area (Å²) in [5.41, 5.74) is 0.233. The Labute approximate surface area is 186 Å². The van der Waals surface area contributed by atoms with Gasteiger partial charge in [-0.15, -0.1) is 0 Å². The lowest BCUT2D eigenvalue weighted by atomic mass is 9.99. The Kier molecular flexibility index (Phi) is 6.84. The third kappa shape index (κ3) is 5.32. The second-order valence-corrected chi connectivity index (χ2v) is 10.2. The maximum atomic E-state index is 13.6. The number of methoxy groups -OCH3 is 1. The highest BCUT2D eigenvalue weighted by molar-refractivity contribution is 5.79. The van der Waals surface area contributed by atoms with Crippen LogP contribution in [-0.4, -0.2) is 77.4 Å². The molecule has 7 nitrogen and oxygen atoms in total. The quantitative estimate of drug-likeness (QED) is 0.698. The standard InChI is InChI=1S/C24H37N3O4/c1-23(2,3)31-22(29)25-14-12-19(13-15-25)27-20(18-10-8-7-9-11-18)16-26(21(27)28)24(4,5)17-30-6/h7-11,19-20H,12-17H2,1-6H3/t20-/m0/s1. The number of amides is 3. The number of nitrogens with zero attached hydrogens (tertiary/aromatic N) is 3. The molecule has 2 heterocycles. The van der Waals surface area contributed by atoms with Crippen molar-refractivity contribution in [3.63, 3.8) is 0 Å². The van der Waals surface area contributed by atoms with Gasteiger partial charge in [-0.25, -0.2) is 9.59 Å². The molecule has 0 saturated carbocycles. The van der Waals surface area contributed by atoms with Crippen molar-refractivity contribution in [2.75, 3.05) is 33.4 Å². The Morgan fingerprint density at radius 3 is 2.23 bits per heavy atom. The molecule has 0 bridgehead atoms. The number of hydrogen-bond donors (Lipinski definition) is 0. The number of hydrogen-bond acceptors (Lipinski definition) is 4. The molecule has 3 rings (SSSR count). The van der Waals surface area contributed by atoms with Crippen molar-refractivity contribution in [1.82, 2.24) is 14.7 Å². The first kappa shape index (κ1) is 23.4.